The molecule has 1 aromatic carbocycles. The van der Waals surface area contributed by atoms with E-state index in [1.165, 1.54) is 0 Å². The molecule has 1 saturated heterocycles. The molecule has 0 spiro atoms. The van der Waals surface area contributed by atoms with Gasteiger partial charge >= 0.3 is 0 Å². The molecule has 0 N–H and O–H groups in total. The van der Waals surface area contributed by atoms with E-state index in [0.29, 0.717) is 36.2 Å². The molecule has 144 valence electrons. The van der Waals surface area contributed by atoms with Gasteiger partial charge in [0, 0.05) is 44.0 Å². The van der Waals surface area contributed by atoms with Crippen molar-refractivity contribution in [1.82, 2.24) is 20.1 Å². The van der Waals surface area contributed by atoms with E-state index in [0.717, 1.165) is 29.4 Å². The Morgan fingerprint density at radius 3 is 2.79 bits per heavy atom. The number of hydrogen-bond donors (Lipinski definition) is 0. The van der Waals surface area contributed by atoms with E-state index in [-0.39, 0.29) is 18.1 Å². The van der Waals surface area contributed by atoms with Crippen LogP contribution in [0.1, 0.15) is 59.1 Å². The molecule has 1 aliphatic carbocycles. The number of ether oxygens (including phenoxy) is 1. The molecule has 0 bridgehead atoms. The van der Waals surface area contributed by atoms with Crippen LogP contribution in [0.15, 0.2) is 34.7 Å². The molecule has 2 atom stereocenters. The minimum Gasteiger partial charge on any atom is -0.423 e. The monoisotopic (exact) mass is 378 g/mol. The predicted molar refractivity (Wildman–Crippen MR) is 102 cm³/mol. The number of benzene rings is 1. The first-order valence-corrected chi connectivity index (χ1v) is 9.67. The minimum atomic E-state index is -0.282. The summed E-state index contributed by atoms with van der Waals surface area (Å²) < 4.78 is 11.2. The summed E-state index contributed by atoms with van der Waals surface area (Å²) in [4.78, 5) is 20.2. The van der Waals surface area contributed by atoms with Crippen LogP contribution in [0.4, 0.5) is 0 Å². The van der Waals surface area contributed by atoms with Gasteiger partial charge in [0.1, 0.15) is 6.04 Å². The second-order valence-electron chi connectivity index (χ2n) is 7.61. The maximum atomic E-state index is 13.7. The highest BCUT2D eigenvalue weighted by Crippen LogP contribution is 2.41. The lowest BCUT2D eigenvalue weighted by molar-refractivity contribution is 0.0675. The van der Waals surface area contributed by atoms with Gasteiger partial charge in [-0.15, -0.1) is 10.2 Å². The number of aryl methyl sites for hydroxylation is 1. The van der Waals surface area contributed by atoms with E-state index >= 15 is 0 Å². The van der Waals surface area contributed by atoms with Crippen LogP contribution in [-0.4, -0.2) is 45.7 Å². The molecule has 7 nitrogen and oxygen atoms in total. The molecule has 1 saturated carbocycles. The van der Waals surface area contributed by atoms with Crippen LogP contribution in [0.3, 0.4) is 0 Å². The number of fused-ring (bicyclic) bond motifs is 1. The number of rotatable bonds is 4. The zero-order valence-corrected chi connectivity index (χ0v) is 16.0. The Morgan fingerprint density at radius 2 is 2.07 bits per heavy atom. The summed E-state index contributed by atoms with van der Waals surface area (Å²) in [6.07, 6.45) is 2.86. The van der Waals surface area contributed by atoms with E-state index in [1.807, 2.05) is 30.3 Å². The van der Waals surface area contributed by atoms with Gasteiger partial charge in [-0.2, -0.15) is 0 Å². The summed E-state index contributed by atoms with van der Waals surface area (Å²) in [7, 11) is 1.67. The van der Waals surface area contributed by atoms with Crippen molar-refractivity contribution in [2.75, 3.05) is 13.7 Å². The van der Waals surface area contributed by atoms with Crippen LogP contribution in [0.2, 0.25) is 0 Å². The van der Waals surface area contributed by atoms with Gasteiger partial charge in [-0.05, 0) is 25.0 Å². The van der Waals surface area contributed by atoms with Crippen LogP contribution in [0.5, 0.6) is 0 Å². The molecule has 3 heterocycles. The first-order valence-electron chi connectivity index (χ1n) is 9.67. The average Bonchev–Trinajstić information content (AvgIpc) is 3.34. The number of carbonyl (C=O) groups excluding carboxylic acids is 1. The molecule has 2 fully saturated rings. The number of hydrogen-bond acceptors (Lipinski definition) is 6. The molecular weight excluding hydrogens is 356 g/mol. The fraction of sp³-hybridized carbons (Fsp3) is 0.429. The number of aromatic nitrogens is 3. The van der Waals surface area contributed by atoms with Crippen LogP contribution >= 0.6 is 0 Å². The van der Waals surface area contributed by atoms with Gasteiger partial charge in [-0.1, -0.05) is 18.2 Å². The standard InChI is InChI=1S/C21H22N4O3/c1-12-23-24-20(28-12)19-9-14(27-2)11-25(19)21(26)16-10-18(13-7-8-13)22-17-6-4-3-5-15(16)17/h3-6,10,13-14,19H,7-9,11H2,1-2H3/t14-,19+/m0/s1. The molecule has 3 aromatic rings. The Bertz CT molecular complexity index is 1040. The van der Waals surface area contributed by atoms with Crippen LogP contribution in [0.25, 0.3) is 10.9 Å². The maximum absolute atomic E-state index is 13.7. The molecule has 7 heteroatoms. The van der Waals surface area contributed by atoms with Gasteiger partial charge in [0.05, 0.1) is 17.2 Å². The van der Waals surface area contributed by atoms with Crippen LogP contribution < -0.4 is 0 Å². The summed E-state index contributed by atoms with van der Waals surface area (Å²) in [6, 6.07) is 9.52. The highest BCUT2D eigenvalue weighted by Gasteiger charge is 2.40. The topological polar surface area (TPSA) is 81.4 Å². The number of methoxy groups -OCH3 is 1. The zero-order chi connectivity index (χ0) is 19.3. The second kappa shape index (κ2) is 6.67. The number of likely N-dealkylation sites (tertiary alicyclic amines) is 1. The second-order valence-corrected chi connectivity index (χ2v) is 7.61. The molecular formula is C21H22N4O3. The van der Waals surface area contributed by atoms with Crippen molar-refractivity contribution in [2.45, 2.75) is 44.2 Å². The number of nitrogens with zero attached hydrogens (tertiary/aromatic N) is 4. The van der Waals surface area contributed by atoms with E-state index in [1.54, 1.807) is 18.9 Å². The summed E-state index contributed by atoms with van der Waals surface area (Å²) in [5, 5.41) is 8.97. The zero-order valence-electron chi connectivity index (χ0n) is 16.0. The van der Waals surface area contributed by atoms with Crippen molar-refractivity contribution in [3.63, 3.8) is 0 Å². The van der Waals surface area contributed by atoms with Crippen molar-refractivity contribution in [2.24, 2.45) is 0 Å². The summed E-state index contributed by atoms with van der Waals surface area (Å²) >= 11 is 0. The summed E-state index contributed by atoms with van der Waals surface area (Å²) in [5.41, 5.74) is 2.56. The molecule has 0 unspecified atom stereocenters. The third-order valence-corrected chi connectivity index (χ3v) is 5.65. The van der Waals surface area contributed by atoms with Crippen LogP contribution in [-0.2, 0) is 4.74 Å². The normalized spacial score (nSPS) is 22.1. The van der Waals surface area contributed by atoms with E-state index in [9.17, 15) is 4.79 Å². The van der Waals surface area contributed by atoms with Crippen molar-refractivity contribution in [3.8, 4) is 0 Å². The molecule has 0 radical (unpaired) electrons. The number of carbonyl (C=O) groups is 1. The molecule has 1 amide bonds. The highest BCUT2D eigenvalue weighted by molar-refractivity contribution is 6.06. The first-order chi connectivity index (χ1) is 13.6. The number of para-hydroxylation sites is 1. The molecule has 1 aliphatic heterocycles. The smallest absolute Gasteiger partial charge is 0.255 e. The van der Waals surface area contributed by atoms with E-state index < -0.39 is 0 Å². The molecule has 28 heavy (non-hydrogen) atoms. The fourth-order valence-corrected chi connectivity index (χ4v) is 3.99. The average molecular weight is 378 g/mol. The Balaban J connectivity index is 1.57. The van der Waals surface area contributed by atoms with Crippen LogP contribution in [0, 0.1) is 6.92 Å². The Kier molecular flexibility index (Phi) is 4.12. The van der Waals surface area contributed by atoms with E-state index in [4.69, 9.17) is 14.1 Å². The Morgan fingerprint density at radius 1 is 1.25 bits per heavy atom. The Labute approximate surface area is 162 Å². The van der Waals surface area contributed by atoms with Crippen molar-refractivity contribution in [3.05, 3.63) is 53.4 Å². The number of pyridine rings is 1. The maximum Gasteiger partial charge on any atom is 0.255 e. The predicted octanol–water partition coefficient (Wildman–Crippen LogP) is 3.41. The van der Waals surface area contributed by atoms with Gasteiger partial charge < -0.3 is 14.1 Å². The molecule has 2 aliphatic rings. The van der Waals surface area contributed by atoms with Gasteiger partial charge in [0.2, 0.25) is 11.8 Å². The third kappa shape index (κ3) is 2.96. The third-order valence-electron chi connectivity index (χ3n) is 5.65. The lowest BCUT2D eigenvalue weighted by Crippen LogP contribution is -2.32. The summed E-state index contributed by atoms with van der Waals surface area (Å²) in [5.74, 6) is 1.39. The van der Waals surface area contributed by atoms with E-state index in [2.05, 4.69) is 10.2 Å². The van der Waals surface area contributed by atoms with Gasteiger partial charge in [0.15, 0.2) is 0 Å². The van der Waals surface area contributed by atoms with Crippen molar-refractivity contribution >= 4 is 16.8 Å². The van der Waals surface area contributed by atoms with Gasteiger partial charge in [-0.3, -0.25) is 9.78 Å². The fourth-order valence-electron chi connectivity index (χ4n) is 3.99. The molecule has 5 rings (SSSR count). The SMILES string of the molecule is CO[C@H]1C[C@H](c2nnc(C)o2)N(C(=O)c2cc(C3CC3)nc3ccccc23)C1. The van der Waals surface area contributed by atoms with Crippen molar-refractivity contribution < 1.29 is 13.9 Å². The largest absolute Gasteiger partial charge is 0.423 e. The summed E-state index contributed by atoms with van der Waals surface area (Å²) in [6.45, 7) is 2.25. The highest BCUT2D eigenvalue weighted by atomic mass is 16.5. The molecule has 2 aromatic heterocycles. The quantitative estimate of drug-likeness (QED) is 0.692. The van der Waals surface area contributed by atoms with Gasteiger partial charge in [0.25, 0.3) is 5.91 Å². The minimum absolute atomic E-state index is 0.0408. The number of amides is 1. The lowest BCUT2D eigenvalue weighted by Gasteiger charge is -2.23. The lowest BCUT2D eigenvalue weighted by atomic mass is 10.0. The Hall–Kier alpha value is -2.80. The first kappa shape index (κ1) is 17.3. The van der Waals surface area contributed by atoms with Crippen molar-refractivity contribution in [1.29, 1.82) is 0 Å². The van der Waals surface area contributed by atoms with Gasteiger partial charge in [-0.25, -0.2) is 0 Å².